The molecule has 0 aliphatic carbocycles. The standard InChI is InChI=1S/C56H42F4O15/c1-10-47(61)73-48-42(21-22-43(49(48)74-51(63)33(4)5)20-19-40-17-16-38(25-28-69-50(62)32(2)3)29-45(40)72-54(66)36(9)57)18-15-37-11-13-39(14-12-37)31-68-27-26-41-23-24-44(70-55(67)75-52(64)34(6)7)30-46(41)71-53(65)35(8)56(58,59)60/h10-14,16-17,21-24,26-27,29-30H,1-2,4,6,8-9,25,28,31H2,3,5,7H3. The largest absolute Gasteiger partial charge is 0.521 e. The van der Waals surface area contributed by atoms with Crippen LogP contribution in [0.2, 0.25) is 0 Å². The van der Waals surface area contributed by atoms with Crippen molar-refractivity contribution in [3.8, 4) is 52.4 Å². The number of ether oxygens (including phenoxy) is 8. The van der Waals surface area contributed by atoms with E-state index in [-0.39, 0.29) is 81.6 Å². The molecule has 75 heavy (non-hydrogen) atoms. The van der Waals surface area contributed by atoms with Gasteiger partial charge in [-0.25, -0.2) is 33.6 Å². The maximum Gasteiger partial charge on any atom is 0.521 e. The summed E-state index contributed by atoms with van der Waals surface area (Å²) < 4.78 is 94.7. The van der Waals surface area contributed by atoms with Crippen molar-refractivity contribution >= 4 is 48.0 Å². The molecule has 15 nitrogen and oxygen atoms in total. The predicted octanol–water partition coefficient (Wildman–Crippen LogP) is 9.94. The van der Waals surface area contributed by atoms with Crippen LogP contribution in [0.1, 0.15) is 59.7 Å². The average Bonchev–Trinajstić information content (AvgIpc) is 3.35. The second kappa shape index (κ2) is 26.4. The van der Waals surface area contributed by atoms with Crippen LogP contribution in [0.5, 0.6) is 28.7 Å². The van der Waals surface area contributed by atoms with E-state index in [0.717, 1.165) is 18.4 Å². The highest BCUT2D eigenvalue weighted by Gasteiger charge is 2.38. The molecule has 0 amide bonds. The number of hydrogen-bond acceptors (Lipinski definition) is 15. The van der Waals surface area contributed by atoms with Crippen LogP contribution in [0.3, 0.4) is 0 Å². The lowest BCUT2D eigenvalue weighted by atomic mass is 10.1. The van der Waals surface area contributed by atoms with Gasteiger partial charge in [-0.3, -0.25) is 0 Å². The van der Waals surface area contributed by atoms with Gasteiger partial charge in [-0.15, -0.1) is 0 Å². The molecule has 0 unspecified atom stereocenters. The van der Waals surface area contributed by atoms with E-state index in [0.29, 0.717) is 16.7 Å². The molecule has 384 valence electrons. The van der Waals surface area contributed by atoms with Gasteiger partial charge in [0.2, 0.25) is 5.83 Å². The fourth-order valence-electron chi connectivity index (χ4n) is 5.32. The second-order valence-corrected chi connectivity index (χ2v) is 15.3. The minimum absolute atomic E-state index is 0.0137. The van der Waals surface area contributed by atoms with Crippen LogP contribution in [0, 0.1) is 23.7 Å². The number of halogens is 4. The molecule has 0 aromatic heterocycles. The number of esters is 6. The van der Waals surface area contributed by atoms with E-state index in [1.165, 1.54) is 63.2 Å². The second-order valence-electron chi connectivity index (χ2n) is 15.3. The molecule has 0 saturated heterocycles. The first-order chi connectivity index (χ1) is 35.4. The summed E-state index contributed by atoms with van der Waals surface area (Å²) in [6.07, 6.45) is -3.24. The Kier molecular flexibility index (Phi) is 20.3. The number of alkyl halides is 3. The number of hydrogen-bond donors (Lipinski definition) is 0. The lowest BCUT2D eigenvalue weighted by Crippen LogP contribution is -2.23. The highest BCUT2D eigenvalue weighted by Crippen LogP contribution is 2.36. The molecule has 4 rings (SSSR count). The van der Waals surface area contributed by atoms with Crippen LogP contribution in [0.4, 0.5) is 22.4 Å². The van der Waals surface area contributed by atoms with E-state index in [1.807, 2.05) is 0 Å². The number of benzene rings is 4. The van der Waals surface area contributed by atoms with E-state index in [9.17, 15) is 51.1 Å². The number of carbonyl (C=O) groups is 7. The number of carbonyl (C=O) groups excluding carboxylic acids is 7. The van der Waals surface area contributed by atoms with Crippen molar-refractivity contribution in [3.05, 3.63) is 192 Å². The van der Waals surface area contributed by atoms with Gasteiger partial charge in [-0.1, -0.05) is 81.4 Å². The maximum absolute atomic E-state index is 13.8. The van der Waals surface area contributed by atoms with Crippen molar-refractivity contribution in [2.75, 3.05) is 6.61 Å². The monoisotopic (exact) mass is 1030 g/mol. The molecule has 0 N–H and O–H groups in total. The molecular formula is C56H42F4O15. The normalized spacial score (nSPS) is 10.4. The quantitative estimate of drug-likeness (QED) is 0.0133. The van der Waals surface area contributed by atoms with Crippen LogP contribution in [0.25, 0.3) is 6.08 Å². The Morgan fingerprint density at radius 1 is 0.600 bits per heavy atom. The van der Waals surface area contributed by atoms with Gasteiger partial charge < -0.3 is 37.9 Å². The zero-order valence-electron chi connectivity index (χ0n) is 40.2. The third-order valence-corrected chi connectivity index (χ3v) is 9.19. The van der Waals surface area contributed by atoms with Crippen LogP contribution < -0.4 is 23.7 Å². The van der Waals surface area contributed by atoms with Crippen molar-refractivity contribution < 1.29 is 89.0 Å². The van der Waals surface area contributed by atoms with E-state index in [2.05, 4.69) is 67.9 Å². The van der Waals surface area contributed by atoms with Crippen molar-refractivity contribution in [1.82, 2.24) is 0 Å². The average molecular weight is 1030 g/mol. The van der Waals surface area contributed by atoms with E-state index < -0.39 is 65.3 Å². The first-order valence-electron chi connectivity index (χ1n) is 21.4. The summed E-state index contributed by atoms with van der Waals surface area (Å²) >= 11 is 0. The van der Waals surface area contributed by atoms with Crippen LogP contribution in [-0.2, 0) is 56.0 Å². The fourth-order valence-corrected chi connectivity index (χ4v) is 5.32. The highest BCUT2D eigenvalue weighted by molar-refractivity contribution is 5.94. The van der Waals surface area contributed by atoms with Crippen molar-refractivity contribution in [1.29, 1.82) is 0 Å². The van der Waals surface area contributed by atoms with Gasteiger partial charge in [0.05, 0.1) is 29.6 Å². The molecule has 0 radical (unpaired) electrons. The van der Waals surface area contributed by atoms with Crippen LogP contribution >= 0.6 is 0 Å². The van der Waals surface area contributed by atoms with Gasteiger partial charge in [0, 0.05) is 46.4 Å². The Morgan fingerprint density at radius 2 is 1.17 bits per heavy atom. The van der Waals surface area contributed by atoms with Gasteiger partial charge in [0.25, 0.3) is 0 Å². The molecule has 0 atom stereocenters. The van der Waals surface area contributed by atoms with E-state index in [4.69, 9.17) is 33.2 Å². The predicted molar refractivity (Wildman–Crippen MR) is 261 cm³/mol. The topological polar surface area (TPSA) is 193 Å². The smallest absolute Gasteiger partial charge is 0.496 e. The Morgan fingerprint density at radius 3 is 1.77 bits per heavy atom. The summed E-state index contributed by atoms with van der Waals surface area (Å²) in [4.78, 5) is 85.8. The van der Waals surface area contributed by atoms with E-state index in [1.54, 1.807) is 30.3 Å². The summed E-state index contributed by atoms with van der Waals surface area (Å²) in [7, 11) is 0. The lowest BCUT2D eigenvalue weighted by Gasteiger charge is -2.13. The molecule has 0 aliphatic heterocycles. The molecule has 19 heteroatoms. The minimum atomic E-state index is -5.12. The Bertz CT molecular complexity index is 3210. The minimum Gasteiger partial charge on any atom is -0.496 e. The summed E-state index contributed by atoms with van der Waals surface area (Å²) in [6.45, 7) is 23.5. The highest BCUT2D eigenvalue weighted by atomic mass is 19.4. The fraction of sp³-hybridized carbons (Fsp3) is 0.125. The maximum atomic E-state index is 13.8. The third-order valence-electron chi connectivity index (χ3n) is 9.19. The zero-order valence-corrected chi connectivity index (χ0v) is 40.2. The molecule has 0 fully saturated rings. The molecular weight excluding hydrogens is 989 g/mol. The van der Waals surface area contributed by atoms with Gasteiger partial charge in [-0.2, -0.15) is 17.6 Å². The molecule has 0 saturated carbocycles. The van der Waals surface area contributed by atoms with E-state index >= 15 is 0 Å². The summed E-state index contributed by atoms with van der Waals surface area (Å²) in [6, 6.07) is 17.0. The van der Waals surface area contributed by atoms with Gasteiger partial charge in [0.15, 0.2) is 11.5 Å². The van der Waals surface area contributed by atoms with Gasteiger partial charge >= 0.3 is 48.1 Å². The molecule has 4 aromatic carbocycles. The number of rotatable bonds is 18. The van der Waals surface area contributed by atoms with Crippen LogP contribution in [0.15, 0.2) is 153 Å². The Labute approximate surface area is 426 Å². The summed E-state index contributed by atoms with van der Waals surface area (Å²) in [5, 5.41) is 0. The molecule has 0 bridgehead atoms. The summed E-state index contributed by atoms with van der Waals surface area (Å²) in [5.74, 6) is 1.30. The van der Waals surface area contributed by atoms with Crippen molar-refractivity contribution in [3.63, 3.8) is 0 Å². The van der Waals surface area contributed by atoms with Crippen molar-refractivity contribution in [2.24, 2.45) is 0 Å². The van der Waals surface area contributed by atoms with Gasteiger partial charge in [-0.05, 0) is 86.5 Å². The van der Waals surface area contributed by atoms with Crippen molar-refractivity contribution in [2.45, 2.75) is 40.0 Å². The third kappa shape index (κ3) is 17.7. The Balaban J connectivity index is 1.63. The summed E-state index contributed by atoms with van der Waals surface area (Å²) in [5.41, 5.74) is -0.237. The first-order valence-corrected chi connectivity index (χ1v) is 21.4. The SMILES string of the molecule is C=CC(=O)Oc1c(C#Cc2ccc(COC=Cc3ccc(OC(=O)OC(=O)C(=C)C)cc3OC(=O)C(=C)C(F)(F)F)cc2)ccc(C#Cc2ccc(CCOC(=O)C(=C)C)cc2OC(=O)C(=C)F)c1OC(=O)C(=C)C. The lowest BCUT2D eigenvalue weighted by molar-refractivity contribution is -0.142. The van der Waals surface area contributed by atoms with Gasteiger partial charge in [0.1, 0.15) is 29.4 Å². The Hall–Kier alpha value is -10.0. The molecule has 0 heterocycles. The zero-order chi connectivity index (χ0) is 55.6. The first kappa shape index (κ1) is 57.6. The molecule has 0 aliphatic rings. The van der Waals surface area contributed by atoms with Crippen LogP contribution in [-0.4, -0.2) is 54.8 Å². The molecule has 4 aromatic rings. The molecule has 0 spiro atoms.